The van der Waals surface area contributed by atoms with E-state index in [2.05, 4.69) is 0 Å². The van der Waals surface area contributed by atoms with Gasteiger partial charge in [-0.15, -0.1) is 11.8 Å². The average molecular weight is 992 g/mol. The Labute approximate surface area is 420 Å². The number of amides is 1. The monoisotopic (exact) mass is 992 g/mol. The third-order valence-corrected chi connectivity index (χ3v) is 16.6. The number of aliphatic hydroxyl groups is 3. The minimum absolute atomic E-state index is 0.0190. The van der Waals surface area contributed by atoms with Crippen molar-refractivity contribution in [3.8, 4) is 0 Å². The highest BCUT2D eigenvalue weighted by Gasteiger charge is 2.53. The highest BCUT2D eigenvalue weighted by molar-refractivity contribution is 8.00. The lowest BCUT2D eigenvalue weighted by atomic mass is 9.78. The number of esters is 1. The number of rotatable bonds is 7. The minimum Gasteiger partial charge on any atom is -0.460 e. The molecule has 13 nitrogen and oxygen atoms in total. The van der Waals surface area contributed by atoms with Gasteiger partial charge in [-0.2, -0.15) is 0 Å². The summed E-state index contributed by atoms with van der Waals surface area (Å²) in [6, 6.07) is 8.81. The molecule has 5 rings (SSSR count). The first kappa shape index (κ1) is 57.1. The zero-order valence-electron chi connectivity index (χ0n) is 43.0. The van der Waals surface area contributed by atoms with Gasteiger partial charge in [0.2, 0.25) is 5.79 Å². The largest absolute Gasteiger partial charge is 0.460 e. The van der Waals surface area contributed by atoms with Crippen molar-refractivity contribution >= 4 is 41.0 Å². The Morgan fingerprint density at radius 2 is 1.59 bits per heavy atom. The summed E-state index contributed by atoms with van der Waals surface area (Å²) in [4.78, 5) is 73.6. The minimum atomic E-state index is -2.42. The van der Waals surface area contributed by atoms with Crippen molar-refractivity contribution in [1.82, 2.24) is 4.90 Å². The van der Waals surface area contributed by atoms with E-state index in [1.54, 1.807) is 45.7 Å². The number of thioether (sulfide) groups is 1. The number of aliphatic hydroxyl groups excluding tert-OH is 2. The van der Waals surface area contributed by atoms with Crippen molar-refractivity contribution in [2.24, 2.45) is 35.5 Å². The zero-order chi connectivity index (χ0) is 51.3. The van der Waals surface area contributed by atoms with Gasteiger partial charge < -0.3 is 39.2 Å². The smallest absolute Gasteiger partial charge is 0.329 e. The molecule has 4 aliphatic rings. The molecule has 1 amide bonds. The summed E-state index contributed by atoms with van der Waals surface area (Å²) >= 11 is 1.65. The van der Waals surface area contributed by atoms with Gasteiger partial charge in [-0.25, -0.2) is 4.79 Å². The summed E-state index contributed by atoms with van der Waals surface area (Å²) in [7, 11) is 2.96. The molecule has 0 aromatic heterocycles. The fourth-order valence-corrected chi connectivity index (χ4v) is 11.9. The van der Waals surface area contributed by atoms with Crippen LogP contribution < -0.4 is 0 Å². The second kappa shape index (κ2) is 26.8. The van der Waals surface area contributed by atoms with Crippen LogP contribution in [0.3, 0.4) is 0 Å². The standard InChI is InChI=1S/C56H81NO12S/c1-34-18-12-10-13-19-35(2)49(70-43-20-14-11-15-21-43)32-42-25-23-40(7)56(65,69-42)53(62)54(63)57-27-17-16-22-44(57)55(64)68-47(37(4)30-41-24-26-45(58)48(31-41)66-8)33-46(59)36(3)29-39(6)51(61)52(67-9)50(60)38(5)28-34/h10-15,18-21,29,34,36-38,40-42,44-45,47-49,51-52,58,61,65H,16-17,22-28,30-33H2,1-9H3/b13-10+,18-12+,35-19+,39-29+/t34-,36-,37-,38?,40-,41?,42?,44?,45-,47+,48?,49+,51-,52+,56?/m1/s1. The Hall–Kier alpha value is -3.76. The molecule has 0 radical (unpaired) electrons. The van der Waals surface area contributed by atoms with Crippen LogP contribution in [0.2, 0.25) is 0 Å². The molecule has 1 aromatic carbocycles. The Kier molecular flexibility index (Phi) is 21.9. The van der Waals surface area contributed by atoms with Crippen LogP contribution in [0.5, 0.6) is 0 Å². The number of fused-ring (bicyclic) bond motifs is 3. The van der Waals surface area contributed by atoms with Gasteiger partial charge in [-0.1, -0.05) is 94.8 Å². The van der Waals surface area contributed by atoms with Crippen LogP contribution in [0.25, 0.3) is 0 Å². The first-order valence-corrected chi connectivity index (χ1v) is 26.5. The molecule has 1 saturated carbocycles. The van der Waals surface area contributed by atoms with Gasteiger partial charge in [0.15, 0.2) is 5.78 Å². The van der Waals surface area contributed by atoms with E-state index in [0.29, 0.717) is 63.4 Å². The number of piperidine rings is 1. The lowest BCUT2D eigenvalue weighted by molar-refractivity contribution is -0.263. The van der Waals surface area contributed by atoms with Gasteiger partial charge in [-0.3, -0.25) is 19.2 Å². The first-order valence-electron chi connectivity index (χ1n) is 25.6. The van der Waals surface area contributed by atoms with Gasteiger partial charge in [0.25, 0.3) is 11.7 Å². The fourth-order valence-electron chi connectivity index (χ4n) is 10.6. The van der Waals surface area contributed by atoms with E-state index in [0.717, 1.165) is 16.9 Å². The molecule has 70 heavy (non-hydrogen) atoms. The summed E-state index contributed by atoms with van der Waals surface area (Å²) in [6.45, 7) is 12.9. The fraction of sp³-hybridized carbons (Fsp3) is 0.661. The maximum atomic E-state index is 14.5. The summed E-state index contributed by atoms with van der Waals surface area (Å²) in [5.74, 6) is -7.91. The third-order valence-electron chi connectivity index (χ3n) is 15.2. The van der Waals surface area contributed by atoms with Crippen LogP contribution in [0.15, 0.2) is 82.8 Å². The molecule has 3 heterocycles. The molecule has 388 valence electrons. The van der Waals surface area contributed by atoms with Crippen LogP contribution in [0.1, 0.15) is 126 Å². The SMILES string of the molecule is COC1CC(C[C@@H](C)[C@@H]2CC(=O)[C@H](C)/C=C(\C)[C@@H](O)[C@@H](OC)C(=O)C(C)C[C@H](C)/C=C/C=C/C=C(\C)[C@@H](Sc3ccccc3)CC3CC[C@@H](C)C(O)(O3)C(=O)C(=O)N3CCCCC3C(=O)O2)CC[C@H]1O. The molecule has 1 aliphatic carbocycles. The number of cyclic esters (lactones) is 1. The van der Waals surface area contributed by atoms with E-state index < -0.39 is 77.8 Å². The Balaban J connectivity index is 1.49. The summed E-state index contributed by atoms with van der Waals surface area (Å²) in [5.41, 5.74) is 1.42. The number of ketones is 3. The third kappa shape index (κ3) is 15.1. The van der Waals surface area contributed by atoms with E-state index in [1.165, 1.54) is 12.0 Å². The molecule has 3 aliphatic heterocycles. The van der Waals surface area contributed by atoms with Crippen LogP contribution in [0, 0.1) is 35.5 Å². The summed E-state index contributed by atoms with van der Waals surface area (Å²) in [6.07, 6.45) is 12.2. The van der Waals surface area contributed by atoms with Crippen LogP contribution in [0.4, 0.5) is 0 Å². The average Bonchev–Trinajstić information content (AvgIpc) is 3.34. The van der Waals surface area contributed by atoms with Crippen molar-refractivity contribution < 1.29 is 58.2 Å². The Morgan fingerprint density at radius 1 is 0.857 bits per heavy atom. The molecular weight excluding hydrogens is 911 g/mol. The molecule has 14 heteroatoms. The lowest BCUT2D eigenvalue weighted by Gasteiger charge is -2.43. The van der Waals surface area contributed by atoms with Crippen molar-refractivity contribution in [2.75, 3.05) is 20.8 Å². The van der Waals surface area contributed by atoms with E-state index in [1.807, 2.05) is 88.4 Å². The lowest BCUT2D eigenvalue weighted by Crippen LogP contribution is -2.60. The number of hydrogen-bond donors (Lipinski definition) is 3. The highest BCUT2D eigenvalue weighted by atomic mass is 32.2. The topological polar surface area (TPSA) is 186 Å². The van der Waals surface area contributed by atoms with Crippen LogP contribution >= 0.6 is 11.8 Å². The molecule has 6 unspecified atom stereocenters. The molecule has 2 bridgehead atoms. The molecule has 3 N–H and O–H groups in total. The van der Waals surface area contributed by atoms with Gasteiger partial charge in [0, 0.05) is 55.1 Å². The second-order valence-electron chi connectivity index (χ2n) is 20.8. The summed E-state index contributed by atoms with van der Waals surface area (Å²) < 4.78 is 23.9. The predicted molar refractivity (Wildman–Crippen MR) is 270 cm³/mol. The van der Waals surface area contributed by atoms with Gasteiger partial charge in [0.05, 0.1) is 18.3 Å². The second-order valence-corrected chi connectivity index (χ2v) is 22.1. The van der Waals surface area contributed by atoms with Crippen molar-refractivity contribution in [3.63, 3.8) is 0 Å². The number of carbonyl (C=O) groups excluding carboxylic acids is 5. The van der Waals surface area contributed by atoms with Gasteiger partial charge in [0.1, 0.15) is 30.1 Å². The number of allylic oxidation sites excluding steroid dienone is 6. The number of methoxy groups -OCH3 is 2. The molecular formula is C56H81NO12S. The van der Waals surface area contributed by atoms with Gasteiger partial charge in [-0.05, 0) is 120 Å². The van der Waals surface area contributed by atoms with Gasteiger partial charge >= 0.3 is 5.97 Å². The molecule has 2 saturated heterocycles. The van der Waals surface area contributed by atoms with E-state index in [4.69, 9.17) is 18.9 Å². The predicted octanol–water partition coefficient (Wildman–Crippen LogP) is 8.33. The molecule has 3 fully saturated rings. The Bertz CT molecular complexity index is 2050. The maximum absolute atomic E-state index is 14.5. The number of benzene rings is 1. The van der Waals surface area contributed by atoms with Crippen molar-refractivity contribution in [2.45, 2.75) is 184 Å². The summed E-state index contributed by atoms with van der Waals surface area (Å²) in [5, 5.41) is 34.1. The quantitative estimate of drug-likeness (QED) is 0.135. The van der Waals surface area contributed by atoms with Crippen LogP contribution in [-0.2, 0) is 42.9 Å². The molecule has 0 spiro atoms. The number of Topliss-reactive ketones (excluding diaryl/α,β-unsaturated/α-hetero) is 3. The molecule has 1 aromatic rings. The number of hydrogen-bond acceptors (Lipinski definition) is 13. The normalized spacial score (nSPS) is 38.3. The number of nitrogens with zero attached hydrogens (tertiary/aromatic N) is 1. The van der Waals surface area contributed by atoms with Crippen molar-refractivity contribution in [1.29, 1.82) is 0 Å². The zero-order valence-corrected chi connectivity index (χ0v) is 43.8. The maximum Gasteiger partial charge on any atom is 0.329 e. The number of ether oxygens (including phenoxy) is 4. The Morgan fingerprint density at radius 3 is 2.29 bits per heavy atom. The van der Waals surface area contributed by atoms with Crippen molar-refractivity contribution in [3.05, 3.63) is 77.9 Å². The highest BCUT2D eigenvalue weighted by Crippen LogP contribution is 2.40. The van der Waals surface area contributed by atoms with Crippen LogP contribution in [-0.4, -0.2) is 124 Å². The first-order chi connectivity index (χ1) is 33.3. The van der Waals surface area contributed by atoms with E-state index in [9.17, 15) is 39.3 Å². The molecule has 15 atom stereocenters. The van der Waals surface area contributed by atoms with E-state index in [-0.39, 0.29) is 60.1 Å². The number of carbonyl (C=O) groups is 5. The van der Waals surface area contributed by atoms with E-state index >= 15 is 0 Å².